The number of carboxylic acid groups (broad SMARTS) is 1. The molecular formula is C23H23ClFN5O4S. The lowest BCUT2D eigenvalue weighted by molar-refractivity contribution is 0.0695. The van der Waals surface area contributed by atoms with Gasteiger partial charge in [0.05, 0.1) is 21.6 Å². The van der Waals surface area contributed by atoms with Crippen LogP contribution in [-0.2, 0) is 4.84 Å². The summed E-state index contributed by atoms with van der Waals surface area (Å²) in [5.41, 5.74) is 0.250. The highest BCUT2D eigenvalue weighted by molar-refractivity contribution is 7.11. The van der Waals surface area contributed by atoms with E-state index in [-0.39, 0.29) is 27.7 Å². The summed E-state index contributed by atoms with van der Waals surface area (Å²) in [5.74, 6) is -1.97. The third-order valence-corrected chi connectivity index (χ3v) is 7.48. The molecule has 1 saturated carbocycles. The molecule has 1 aliphatic carbocycles. The van der Waals surface area contributed by atoms with Crippen LogP contribution < -0.4 is 10.3 Å². The Labute approximate surface area is 209 Å². The zero-order valence-electron chi connectivity index (χ0n) is 18.9. The van der Waals surface area contributed by atoms with E-state index in [9.17, 15) is 14.7 Å². The van der Waals surface area contributed by atoms with Crippen LogP contribution in [0.5, 0.6) is 0 Å². The zero-order chi connectivity index (χ0) is 24.7. The summed E-state index contributed by atoms with van der Waals surface area (Å²) in [5, 5.41) is 16.4. The third kappa shape index (κ3) is 4.51. The molecule has 184 valence electrons. The molecule has 0 spiro atoms. The Morgan fingerprint density at radius 1 is 1.34 bits per heavy atom. The second-order valence-corrected chi connectivity index (χ2v) is 9.83. The number of hydrogen-bond acceptors (Lipinski definition) is 8. The molecule has 2 aromatic heterocycles. The number of halogens is 2. The first kappa shape index (κ1) is 23.7. The summed E-state index contributed by atoms with van der Waals surface area (Å²) in [6.07, 6.45) is 4.76. The molecule has 0 amide bonds. The molecule has 35 heavy (non-hydrogen) atoms. The van der Waals surface area contributed by atoms with Gasteiger partial charge in [-0.25, -0.2) is 14.2 Å². The van der Waals surface area contributed by atoms with Crippen molar-refractivity contribution in [3.8, 4) is 0 Å². The lowest BCUT2D eigenvalue weighted by Gasteiger charge is -2.36. The molecule has 12 heteroatoms. The smallest absolute Gasteiger partial charge is 0.341 e. The van der Waals surface area contributed by atoms with Gasteiger partial charge < -0.3 is 19.4 Å². The van der Waals surface area contributed by atoms with Gasteiger partial charge in [-0.05, 0) is 18.9 Å². The SMILES string of the molecule is CO/N=C(\CN1CCN(c2c(F)cc3c(=O)c(C(=O)O)cn(C4CC4)c3c2Cl)CC1)c1nccs1. The molecule has 5 rings (SSSR count). The van der Waals surface area contributed by atoms with Gasteiger partial charge in [0.15, 0.2) is 0 Å². The molecule has 1 aromatic carbocycles. The number of carbonyl (C=O) groups is 1. The molecular weight excluding hydrogens is 497 g/mol. The Morgan fingerprint density at radius 2 is 2.09 bits per heavy atom. The summed E-state index contributed by atoms with van der Waals surface area (Å²) in [4.78, 5) is 37.7. The average molecular weight is 520 g/mol. The Kier molecular flexibility index (Phi) is 6.47. The maximum Gasteiger partial charge on any atom is 0.341 e. The van der Waals surface area contributed by atoms with E-state index in [2.05, 4.69) is 15.0 Å². The molecule has 0 radical (unpaired) electrons. The van der Waals surface area contributed by atoms with Crippen LogP contribution in [-0.4, -0.2) is 71.1 Å². The van der Waals surface area contributed by atoms with Crippen LogP contribution >= 0.6 is 22.9 Å². The third-order valence-electron chi connectivity index (χ3n) is 6.30. The molecule has 9 nitrogen and oxygen atoms in total. The standard InChI is InChI=1S/C23H23ClFN5O4S/c1-34-27-17(22-26-4-9-35-22)12-28-5-7-29(8-6-28)20-16(25)10-14-19(18(20)24)30(13-2-3-13)11-15(21(14)31)23(32)33/h4,9-11,13H,2-3,5-8,12H2,1H3,(H,32,33)/b27-17+. The first-order valence-corrected chi connectivity index (χ1v) is 12.4. The van der Waals surface area contributed by atoms with E-state index in [1.165, 1.54) is 24.6 Å². The van der Waals surface area contributed by atoms with Gasteiger partial charge in [-0.1, -0.05) is 16.8 Å². The molecule has 0 unspecified atom stereocenters. The fourth-order valence-electron chi connectivity index (χ4n) is 4.47. The van der Waals surface area contributed by atoms with E-state index in [1.807, 2.05) is 10.3 Å². The van der Waals surface area contributed by atoms with Crippen molar-refractivity contribution in [3.05, 3.63) is 55.5 Å². The van der Waals surface area contributed by atoms with E-state index in [4.69, 9.17) is 16.4 Å². The lowest BCUT2D eigenvalue weighted by Crippen LogP contribution is -2.48. The number of aromatic nitrogens is 2. The number of carboxylic acids is 1. The number of oxime groups is 1. The van der Waals surface area contributed by atoms with Gasteiger partial charge in [0.25, 0.3) is 0 Å². The summed E-state index contributed by atoms with van der Waals surface area (Å²) < 4.78 is 17.1. The van der Waals surface area contributed by atoms with Crippen molar-refractivity contribution >= 4 is 51.2 Å². The molecule has 3 heterocycles. The monoisotopic (exact) mass is 519 g/mol. The fourth-order valence-corrected chi connectivity index (χ4v) is 5.49. The molecule has 2 aliphatic rings. The van der Waals surface area contributed by atoms with Gasteiger partial charge in [0.2, 0.25) is 5.43 Å². The topological polar surface area (TPSA) is 100 Å². The van der Waals surface area contributed by atoms with E-state index in [0.29, 0.717) is 38.2 Å². The minimum absolute atomic E-state index is 0.00875. The van der Waals surface area contributed by atoms with Gasteiger partial charge in [0.1, 0.15) is 29.2 Å². The second-order valence-electron chi connectivity index (χ2n) is 8.55. The van der Waals surface area contributed by atoms with Crippen molar-refractivity contribution in [2.24, 2.45) is 5.16 Å². The van der Waals surface area contributed by atoms with Crippen LogP contribution in [0, 0.1) is 5.82 Å². The number of piperazine rings is 1. The van der Waals surface area contributed by atoms with Crippen molar-refractivity contribution in [2.45, 2.75) is 18.9 Å². The quantitative estimate of drug-likeness (QED) is 0.377. The number of aromatic carboxylic acids is 1. The van der Waals surface area contributed by atoms with Crippen molar-refractivity contribution in [1.82, 2.24) is 14.5 Å². The highest BCUT2D eigenvalue weighted by atomic mass is 35.5. The van der Waals surface area contributed by atoms with Crippen LogP contribution in [0.2, 0.25) is 5.02 Å². The minimum atomic E-state index is -1.34. The maximum atomic E-state index is 15.3. The van der Waals surface area contributed by atoms with E-state index >= 15 is 4.39 Å². The van der Waals surface area contributed by atoms with Crippen molar-refractivity contribution in [2.75, 3.05) is 44.7 Å². The van der Waals surface area contributed by atoms with Crippen LogP contribution in [0.25, 0.3) is 10.9 Å². The second kappa shape index (κ2) is 9.56. The number of hydrogen-bond donors (Lipinski definition) is 1. The van der Waals surface area contributed by atoms with Crippen LogP contribution in [0.4, 0.5) is 10.1 Å². The van der Waals surface area contributed by atoms with Crippen LogP contribution in [0.3, 0.4) is 0 Å². The van der Waals surface area contributed by atoms with Gasteiger partial charge in [0, 0.05) is 56.5 Å². The van der Waals surface area contributed by atoms with Gasteiger partial charge in [-0.2, -0.15) is 0 Å². The summed E-state index contributed by atoms with van der Waals surface area (Å²) >= 11 is 8.23. The Bertz CT molecular complexity index is 1360. The number of rotatable bonds is 7. The van der Waals surface area contributed by atoms with E-state index in [1.54, 1.807) is 10.8 Å². The molecule has 1 N–H and O–H groups in total. The van der Waals surface area contributed by atoms with E-state index in [0.717, 1.165) is 29.6 Å². The number of fused-ring (bicyclic) bond motifs is 1. The van der Waals surface area contributed by atoms with Crippen molar-refractivity contribution in [1.29, 1.82) is 0 Å². The number of thiazole rings is 1. The zero-order valence-corrected chi connectivity index (χ0v) is 20.5. The molecule has 0 bridgehead atoms. The normalized spacial score (nSPS) is 17.2. The minimum Gasteiger partial charge on any atom is -0.477 e. The highest BCUT2D eigenvalue weighted by Crippen LogP contribution is 2.42. The van der Waals surface area contributed by atoms with Gasteiger partial charge in [-0.15, -0.1) is 11.3 Å². The summed E-state index contributed by atoms with van der Waals surface area (Å²) in [6.45, 7) is 2.84. The average Bonchev–Trinajstić information content (AvgIpc) is 3.53. The first-order valence-electron chi connectivity index (χ1n) is 11.2. The van der Waals surface area contributed by atoms with Crippen LogP contribution in [0.1, 0.15) is 34.2 Å². The Morgan fingerprint density at radius 3 is 2.69 bits per heavy atom. The van der Waals surface area contributed by atoms with Crippen molar-refractivity contribution in [3.63, 3.8) is 0 Å². The number of nitrogens with zero attached hydrogens (tertiary/aromatic N) is 5. The van der Waals surface area contributed by atoms with E-state index < -0.39 is 17.2 Å². The maximum absolute atomic E-state index is 15.3. The predicted molar refractivity (Wildman–Crippen MR) is 133 cm³/mol. The van der Waals surface area contributed by atoms with Gasteiger partial charge >= 0.3 is 5.97 Å². The molecule has 1 aliphatic heterocycles. The lowest BCUT2D eigenvalue weighted by atomic mass is 10.1. The highest BCUT2D eigenvalue weighted by Gasteiger charge is 2.31. The Hall–Kier alpha value is -3.02. The van der Waals surface area contributed by atoms with Crippen molar-refractivity contribution < 1.29 is 19.1 Å². The van der Waals surface area contributed by atoms with Gasteiger partial charge in [-0.3, -0.25) is 9.69 Å². The molecule has 0 atom stereocenters. The number of pyridine rings is 1. The predicted octanol–water partition coefficient (Wildman–Crippen LogP) is 3.46. The fraction of sp³-hybridized carbons (Fsp3) is 0.391. The molecule has 1 saturated heterocycles. The first-order chi connectivity index (χ1) is 16.9. The number of benzene rings is 1. The summed E-state index contributed by atoms with van der Waals surface area (Å²) in [7, 11) is 1.50. The molecule has 2 fully saturated rings. The summed E-state index contributed by atoms with van der Waals surface area (Å²) in [6, 6.07) is 1.18. The molecule has 3 aromatic rings. The largest absolute Gasteiger partial charge is 0.477 e. The number of anilines is 1. The Balaban J connectivity index is 1.44. The van der Waals surface area contributed by atoms with Crippen LogP contribution in [0.15, 0.2) is 33.8 Å².